The summed E-state index contributed by atoms with van der Waals surface area (Å²) in [6.07, 6.45) is 14.0. The number of carbonyl (C=O) groups excluding carboxylic acids is 5. The number of methoxy groups -OCH3 is 3. The molecule has 0 bridgehead atoms. The molecular formula is C28H40O8. The molecule has 8 nitrogen and oxygen atoms in total. The zero-order chi connectivity index (χ0) is 26.7. The minimum Gasteiger partial charge on any atom is -0.469 e. The number of esters is 3. The van der Waals surface area contributed by atoms with Gasteiger partial charge in [-0.05, 0) is 43.9 Å². The SMILES string of the molecule is CCCCC/C=C\[C@@H]1CC(=O)C(C(=O)OC)(C(=O)OC)[C@@H]2CC(=O)C(C/C=C/CCCC(=O)OC)C12. The Morgan fingerprint density at radius 2 is 1.56 bits per heavy atom. The van der Waals surface area contributed by atoms with Gasteiger partial charge in [0.05, 0.1) is 21.3 Å². The number of hydrogen-bond donors (Lipinski definition) is 0. The van der Waals surface area contributed by atoms with Crippen molar-refractivity contribution in [1.29, 1.82) is 0 Å². The standard InChI is InChI=1S/C28H40O8/c1-5-6-7-8-11-14-19-17-23(30)28(26(32)35-3,27(33)36-4)21-18-22(29)20(25(19)21)15-12-9-10-13-16-24(31)34-2/h9,11-12,14,19-21,25H,5-8,10,13,15-18H2,1-4H3/b12-9+,14-11-/t19-,20?,21-,25?/m1/s1. The van der Waals surface area contributed by atoms with Gasteiger partial charge in [0.25, 0.3) is 0 Å². The molecule has 0 aromatic heterocycles. The summed E-state index contributed by atoms with van der Waals surface area (Å²) in [5, 5.41) is 0. The van der Waals surface area contributed by atoms with E-state index >= 15 is 0 Å². The van der Waals surface area contributed by atoms with Gasteiger partial charge in [0.2, 0.25) is 5.41 Å². The zero-order valence-electron chi connectivity index (χ0n) is 22.0. The molecule has 0 aromatic carbocycles. The summed E-state index contributed by atoms with van der Waals surface area (Å²) in [5.74, 6) is -4.64. The fourth-order valence-electron chi connectivity index (χ4n) is 5.79. The number of carbonyl (C=O) groups is 5. The van der Waals surface area contributed by atoms with E-state index in [4.69, 9.17) is 9.47 Å². The third-order valence-corrected chi connectivity index (χ3v) is 7.58. The summed E-state index contributed by atoms with van der Waals surface area (Å²) < 4.78 is 14.5. The van der Waals surface area contributed by atoms with E-state index in [0.717, 1.165) is 39.9 Å². The number of allylic oxidation sites excluding steroid dienone is 4. The molecule has 2 unspecified atom stereocenters. The van der Waals surface area contributed by atoms with Crippen molar-refractivity contribution in [1.82, 2.24) is 0 Å². The van der Waals surface area contributed by atoms with E-state index in [0.29, 0.717) is 25.7 Å². The first-order chi connectivity index (χ1) is 17.3. The molecule has 0 amide bonds. The molecule has 0 N–H and O–H groups in total. The smallest absolute Gasteiger partial charge is 0.331 e. The lowest BCUT2D eigenvalue weighted by molar-refractivity contribution is -0.182. The first-order valence-electron chi connectivity index (χ1n) is 12.9. The maximum Gasteiger partial charge on any atom is 0.331 e. The molecule has 2 rings (SSSR count). The minimum absolute atomic E-state index is 0.0255. The van der Waals surface area contributed by atoms with Crippen LogP contribution in [0, 0.1) is 29.1 Å². The summed E-state index contributed by atoms with van der Waals surface area (Å²) in [5.41, 5.74) is -2.12. The highest BCUT2D eigenvalue weighted by atomic mass is 16.5. The van der Waals surface area contributed by atoms with E-state index in [9.17, 15) is 24.0 Å². The second-order valence-electron chi connectivity index (χ2n) is 9.64. The summed E-state index contributed by atoms with van der Waals surface area (Å²) in [6, 6.07) is 0. The van der Waals surface area contributed by atoms with Gasteiger partial charge in [0, 0.05) is 31.1 Å². The average molecular weight is 505 g/mol. The lowest BCUT2D eigenvalue weighted by Crippen LogP contribution is -2.58. The molecule has 36 heavy (non-hydrogen) atoms. The van der Waals surface area contributed by atoms with Crippen LogP contribution in [0.5, 0.6) is 0 Å². The fourth-order valence-corrected chi connectivity index (χ4v) is 5.79. The number of ether oxygens (including phenoxy) is 3. The Balaban J connectivity index is 2.33. The Labute approximate surface area is 213 Å². The predicted molar refractivity (Wildman–Crippen MR) is 133 cm³/mol. The summed E-state index contributed by atoms with van der Waals surface area (Å²) in [4.78, 5) is 63.9. The molecule has 0 aliphatic heterocycles. The first-order valence-corrected chi connectivity index (χ1v) is 12.9. The topological polar surface area (TPSA) is 113 Å². The molecule has 4 atom stereocenters. The molecule has 2 saturated carbocycles. The highest BCUT2D eigenvalue weighted by Crippen LogP contribution is 2.56. The van der Waals surface area contributed by atoms with Crippen molar-refractivity contribution in [3.05, 3.63) is 24.3 Å². The largest absolute Gasteiger partial charge is 0.469 e. The molecular weight excluding hydrogens is 464 g/mol. The van der Waals surface area contributed by atoms with Gasteiger partial charge in [-0.25, -0.2) is 0 Å². The first kappa shape index (κ1) is 29.5. The van der Waals surface area contributed by atoms with Crippen LogP contribution in [0.3, 0.4) is 0 Å². The van der Waals surface area contributed by atoms with Gasteiger partial charge in [-0.3, -0.25) is 24.0 Å². The van der Waals surface area contributed by atoms with Crippen LogP contribution in [-0.4, -0.2) is 50.8 Å². The van der Waals surface area contributed by atoms with Crippen LogP contribution < -0.4 is 0 Å². The molecule has 2 aliphatic carbocycles. The van der Waals surface area contributed by atoms with Gasteiger partial charge in [-0.2, -0.15) is 0 Å². The van der Waals surface area contributed by atoms with E-state index in [2.05, 4.69) is 17.7 Å². The molecule has 8 heteroatoms. The highest BCUT2D eigenvalue weighted by molar-refractivity contribution is 6.21. The summed E-state index contributed by atoms with van der Waals surface area (Å²) in [7, 11) is 3.63. The summed E-state index contributed by atoms with van der Waals surface area (Å²) in [6.45, 7) is 2.13. The highest BCUT2D eigenvalue weighted by Gasteiger charge is 2.69. The van der Waals surface area contributed by atoms with Crippen LogP contribution in [0.25, 0.3) is 0 Å². The van der Waals surface area contributed by atoms with E-state index in [-0.39, 0.29) is 36.4 Å². The van der Waals surface area contributed by atoms with Crippen LogP contribution in [0.4, 0.5) is 0 Å². The van der Waals surface area contributed by atoms with Crippen LogP contribution in [0.15, 0.2) is 24.3 Å². The molecule has 0 aromatic rings. The molecule has 0 heterocycles. The Morgan fingerprint density at radius 1 is 0.889 bits per heavy atom. The lowest BCUT2D eigenvalue weighted by Gasteiger charge is -2.43. The van der Waals surface area contributed by atoms with Crippen molar-refractivity contribution in [2.24, 2.45) is 29.1 Å². The third-order valence-electron chi connectivity index (χ3n) is 7.58. The Morgan fingerprint density at radius 3 is 2.17 bits per heavy atom. The molecule has 2 aliphatic rings. The van der Waals surface area contributed by atoms with Crippen LogP contribution in [-0.2, 0) is 38.2 Å². The van der Waals surface area contributed by atoms with Crippen molar-refractivity contribution in [3.8, 4) is 0 Å². The fraction of sp³-hybridized carbons (Fsp3) is 0.679. The Kier molecular flexibility index (Phi) is 11.5. The van der Waals surface area contributed by atoms with E-state index in [1.807, 2.05) is 18.2 Å². The number of rotatable bonds is 13. The number of Topliss-reactive ketones (excluding diaryl/α,β-unsaturated/α-hetero) is 2. The number of unbranched alkanes of at least 4 members (excludes halogenated alkanes) is 4. The number of ketones is 2. The number of fused-ring (bicyclic) bond motifs is 1. The normalized spacial score (nSPS) is 25.2. The van der Waals surface area contributed by atoms with Crippen LogP contribution in [0.1, 0.15) is 71.1 Å². The van der Waals surface area contributed by atoms with Crippen molar-refractivity contribution in [2.75, 3.05) is 21.3 Å². The van der Waals surface area contributed by atoms with Crippen molar-refractivity contribution in [3.63, 3.8) is 0 Å². The van der Waals surface area contributed by atoms with Gasteiger partial charge in [-0.15, -0.1) is 0 Å². The average Bonchev–Trinajstić information content (AvgIpc) is 3.21. The van der Waals surface area contributed by atoms with Crippen molar-refractivity contribution >= 4 is 29.5 Å². The maximum absolute atomic E-state index is 13.4. The quantitative estimate of drug-likeness (QED) is 0.121. The van der Waals surface area contributed by atoms with E-state index < -0.39 is 35.0 Å². The lowest BCUT2D eigenvalue weighted by atomic mass is 9.56. The van der Waals surface area contributed by atoms with Gasteiger partial charge in [0.15, 0.2) is 5.78 Å². The van der Waals surface area contributed by atoms with Crippen LogP contribution >= 0.6 is 0 Å². The summed E-state index contributed by atoms with van der Waals surface area (Å²) >= 11 is 0. The van der Waals surface area contributed by atoms with Gasteiger partial charge in [0.1, 0.15) is 5.78 Å². The minimum atomic E-state index is -2.12. The monoisotopic (exact) mass is 504 g/mol. The molecule has 0 spiro atoms. The third kappa shape index (κ3) is 6.31. The van der Waals surface area contributed by atoms with E-state index in [1.165, 1.54) is 7.11 Å². The molecule has 0 radical (unpaired) electrons. The van der Waals surface area contributed by atoms with Gasteiger partial charge in [-0.1, -0.05) is 44.1 Å². The van der Waals surface area contributed by atoms with Crippen molar-refractivity contribution in [2.45, 2.75) is 71.1 Å². The second-order valence-corrected chi connectivity index (χ2v) is 9.64. The van der Waals surface area contributed by atoms with Gasteiger partial charge >= 0.3 is 17.9 Å². The number of hydrogen-bond acceptors (Lipinski definition) is 8. The van der Waals surface area contributed by atoms with Gasteiger partial charge < -0.3 is 14.2 Å². The van der Waals surface area contributed by atoms with E-state index in [1.54, 1.807) is 0 Å². The maximum atomic E-state index is 13.4. The molecule has 0 saturated heterocycles. The predicted octanol–water partition coefficient (Wildman–Crippen LogP) is 4.16. The molecule has 2 fully saturated rings. The van der Waals surface area contributed by atoms with Crippen molar-refractivity contribution < 1.29 is 38.2 Å². The second kappa shape index (κ2) is 14.1. The zero-order valence-corrected chi connectivity index (χ0v) is 22.0. The Bertz CT molecular complexity index is 855. The molecule has 200 valence electrons. The van der Waals surface area contributed by atoms with Crippen LogP contribution in [0.2, 0.25) is 0 Å². The Hall–Kier alpha value is -2.77.